The first kappa shape index (κ1) is 13.3. The molecule has 0 spiro atoms. The van der Waals surface area contributed by atoms with Gasteiger partial charge in [-0.15, -0.1) is 0 Å². The van der Waals surface area contributed by atoms with Crippen molar-refractivity contribution in [1.29, 1.82) is 0 Å². The smallest absolute Gasteiger partial charge is 0.348 e. The van der Waals surface area contributed by atoms with Crippen LogP contribution >= 0.6 is 0 Å². The Kier molecular flexibility index (Phi) is 3.42. The van der Waals surface area contributed by atoms with E-state index in [1.54, 1.807) is 0 Å². The Bertz CT molecular complexity index is 516. The van der Waals surface area contributed by atoms with Gasteiger partial charge in [0, 0.05) is 13.8 Å². The lowest BCUT2D eigenvalue weighted by atomic mass is 10.1. The maximum Gasteiger partial charge on any atom is 0.348 e. The van der Waals surface area contributed by atoms with Crippen LogP contribution in [0, 0.1) is 0 Å². The van der Waals surface area contributed by atoms with Crippen molar-refractivity contribution in [3.63, 3.8) is 0 Å². The lowest BCUT2D eigenvalue weighted by Crippen LogP contribution is -2.41. The maximum atomic E-state index is 11.8. The summed E-state index contributed by atoms with van der Waals surface area (Å²) in [6.45, 7) is 5.11. The highest BCUT2D eigenvalue weighted by Crippen LogP contribution is 2.24. The van der Waals surface area contributed by atoms with Crippen LogP contribution in [0.5, 0.6) is 0 Å². The van der Waals surface area contributed by atoms with Gasteiger partial charge in [0.05, 0.1) is 0 Å². The van der Waals surface area contributed by atoms with E-state index in [-0.39, 0.29) is 5.57 Å². The van der Waals surface area contributed by atoms with E-state index in [0.717, 1.165) is 12.0 Å². The second kappa shape index (κ2) is 4.88. The number of rotatable bonds is 2. The van der Waals surface area contributed by atoms with Gasteiger partial charge < -0.3 is 9.47 Å². The van der Waals surface area contributed by atoms with Gasteiger partial charge in [-0.25, -0.2) is 9.59 Å². The standard InChI is InChI=1S/C15H16O4/c1-4-10-5-7-11(8-6-10)9-12-13(16)18-15(2,3)19-14(12)17/h5-9H,4H2,1-3H3. The molecule has 0 bridgehead atoms. The fourth-order valence-electron chi connectivity index (χ4n) is 1.79. The number of carbonyl (C=O) groups excluding carboxylic acids is 2. The minimum Gasteiger partial charge on any atom is -0.419 e. The van der Waals surface area contributed by atoms with Crippen LogP contribution in [0.1, 0.15) is 31.9 Å². The summed E-state index contributed by atoms with van der Waals surface area (Å²) in [5.74, 6) is -2.50. The molecule has 1 saturated heterocycles. The van der Waals surface area contributed by atoms with Crippen molar-refractivity contribution in [3.05, 3.63) is 41.0 Å². The Morgan fingerprint density at radius 1 is 1.05 bits per heavy atom. The largest absolute Gasteiger partial charge is 0.419 e. The summed E-state index contributed by atoms with van der Waals surface area (Å²) in [6.07, 6.45) is 2.43. The molecule has 0 amide bonds. The van der Waals surface area contributed by atoms with Crippen molar-refractivity contribution in [1.82, 2.24) is 0 Å². The number of hydrogen-bond donors (Lipinski definition) is 0. The summed E-state index contributed by atoms with van der Waals surface area (Å²) >= 11 is 0. The van der Waals surface area contributed by atoms with Crippen molar-refractivity contribution in [2.45, 2.75) is 33.0 Å². The zero-order valence-corrected chi connectivity index (χ0v) is 11.2. The molecule has 0 aliphatic carbocycles. The zero-order chi connectivity index (χ0) is 14.0. The predicted octanol–water partition coefficient (Wildman–Crippen LogP) is 2.47. The lowest BCUT2D eigenvalue weighted by Gasteiger charge is -2.29. The number of cyclic esters (lactones) is 2. The average Bonchev–Trinajstić information content (AvgIpc) is 2.33. The molecule has 4 heteroatoms. The van der Waals surface area contributed by atoms with Gasteiger partial charge >= 0.3 is 11.9 Å². The van der Waals surface area contributed by atoms with Crippen LogP contribution in [0.25, 0.3) is 6.08 Å². The minimum atomic E-state index is -1.20. The van der Waals surface area contributed by atoms with Gasteiger partial charge in [-0.2, -0.15) is 0 Å². The van der Waals surface area contributed by atoms with Crippen molar-refractivity contribution in [2.24, 2.45) is 0 Å². The van der Waals surface area contributed by atoms with E-state index >= 15 is 0 Å². The summed E-state index contributed by atoms with van der Waals surface area (Å²) in [5, 5.41) is 0. The predicted molar refractivity (Wildman–Crippen MR) is 70.1 cm³/mol. The van der Waals surface area contributed by atoms with Crippen LogP contribution in [-0.4, -0.2) is 17.7 Å². The fourth-order valence-corrected chi connectivity index (χ4v) is 1.79. The van der Waals surface area contributed by atoms with Crippen molar-refractivity contribution >= 4 is 18.0 Å². The highest BCUT2D eigenvalue weighted by molar-refractivity contribution is 6.18. The van der Waals surface area contributed by atoms with Gasteiger partial charge in [0.2, 0.25) is 0 Å². The van der Waals surface area contributed by atoms with Crippen molar-refractivity contribution < 1.29 is 19.1 Å². The SMILES string of the molecule is CCc1ccc(C=C2C(=O)OC(C)(C)OC2=O)cc1. The molecule has 0 unspecified atom stereocenters. The highest BCUT2D eigenvalue weighted by atomic mass is 16.7. The molecule has 100 valence electrons. The first-order valence-corrected chi connectivity index (χ1v) is 6.18. The Morgan fingerprint density at radius 2 is 1.58 bits per heavy atom. The number of carbonyl (C=O) groups is 2. The normalized spacial score (nSPS) is 17.7. The number of hydrogen-bond acceptors (Lipinski definition) is 4. The quantitative estimate of drug-likeness (QED) is 0.465. The molecule has 0 atom stereocenters. The fraction of sp³-hybridized carbons (Fsp3) is 0.333. The number of esters is 2. The molecule has 4 nitrogen and oxygen atoms in total. The second-order valence-corrected chi connectivity index (χ2v) is 4.83. The Hall–Kier alpha value is -2.10. The molecule has 1 aliphatic rings. The first-order valence-electron chi connectivity index (χ1n) is 6.18. The van der Waals surface area contributed by atoms with Gasteiger partial charge in [0.15, 0.2) is 0 Å². The Balaban J connectivity index is 2.27. The number of benzene rings is 1. The van der Waals surface area contributed by atoms with Crippen LogP contribution < -0.4 is 0 Å². The highest BCUT2D eigenvalue weighted by Gasteiger charge is 2.38. The second-order valence-electron chi connectivity index (χ2n) is 4.83. The van der Waals surface area contributed by atoms with Crippen LogP contribution in [0.3, 0.4) is 0 Å². The summed E-state index contributed by atoms with van der Waals surface area (Å²) < 4.78 is 10.0. The summed E-state index contributed by atoms with van der Waals surface area (Å²) in [7, 11) is 0. The van der Waals surface area contributed by atoms with Gasteiger partial charge in [-0.3, -0.25) is 0 Å². The summed E-state index contributed by atoms with van der Waals surface area (Å²) in [5.41, 5.74) is 1.88. The van der Waals surface area contributed by atoms with E-state index in [9.17, 15) is 9.59 Å². The van der Waals surface area contributed by atoms with Crippen LogP contribution in [0.2, 0.25) is 0 Å². The average molecular weight is 260 g/mol. The van der Waals surface area contributed by atoms with E-state index in [1.807, 2.05) is 24.3 Å². The molecule has 1 aliphatic heterocycles. The van der Waals surface area contributed by atoms with Crippen LogP contribution in [-0.2, 0) is 25.5 Å². The third kappa shape index (κ3) is 3.02. The molecule has 0 N–H and O–H groups in total. The van der Waals surface area contributed by atoms with Crippen LogP contribution in [0.4, 0.5) is 0 Å². The summed E-state index contributed by atoms with van der Waals surface area (Å²) in [6, 6.07) is 7.62. The number of ether oxygens (including phenoxy) is 2. The third-order valence-corrected chi connectivity index (χ3v) is 2.82. The molecule has 0 radical (unpaired) electrons. The lowest BCUT2D eigenvalue weighted by molar-refractivity contribution is -0.222. The molecule has 0 aromatic heterocycles. The van der Waals surface area contributed by atoms with E-state index in [4.69, 9.17) is 9.47 Å². The Morgan fingerprint density at radius 3 is 2.05 bits per heavy atom. The van der Waals surface area contributed by atoms with Crippen molar-refractivity contribution in [3.8, 4) is 0 Å². The minimum absolute atomic E-state index is 0.0800. The zero-order valence-electron chi connectivity index (χ0n) is 11.2. The molecule has 1 fully saturated rings. The van der Waals surface area contributed by atoms with Gasteiger partial charge in [-0.05, 0) is 23.6 Å². The molecule has 0 saturated carbocycles. The van der Waals surface area contributed by atoms with Gasteiger partial charge in [0.1, 0.15) is 5.57 Å². The van der Waals surface area contributed by atoms with E-state index in [2.05, 4.69) is 6.92 Å². The van der Waals surface area contributed by atoms with Crippen molar-refractivity contribution in [2.75, 3.05) is 0 Å². The molecule has 1 heterocycles. The molecule has 19 heavy (non-hydrogen) atoms. The van der Waals surface area contributed by atoms with Gasteiger partial charge in [0.25, 0.3) is 5.79 Å². The Labute approximate surface area is 112 Å². The first-order chi connectivity index (χ1) is 8.91. The third-order valence-electron chi connectivity index (χ3n) is 2.82. The molecule has 1 aromatic rings. The van der Waals surface area contributed by atoms with E-state index in [0.29, 0.717) is 0 Å². The topological polar surface area (TPSA) is 52.6 Å². The van der Waals surface area contributed by atoms with Gasteiger partial charge in [-0.1, -0.05) is 31.2 Å². The van der Waals surface area contributed by atoms with E-state index < -0.39 is 17.7 Å². The maximum absolute atomic E-state index is 11.8. The molecular formula is C15H16O4. The summed E-state index contributed by atoms with van der Waals surface area (Å²) in [4.78, 5) is 23.5. The number of aryl methyl sites for hydroxylation is 1. The molecular weight excluding hydrogens is 244 g/mol. The van der Waals surface area contributed by atoms with E-state index in [1.165, 1.54) is 25.5 Å². The molecule has 2 rings (SSSR count). The van der Waals surface area contributed by atoms with Crippen LogP contribution in [0.15, 0.2) is 29.8 Å². The monoisotopic (exact) mass is 260 g/mol. The molecule has 1 aromatic carbocycles.